The van der Waals surface area contributed by atoms with Gasteiger partial charge >= 0.3 is 12.4 Å². The van der Waals surface area contributed by atoms with Gasteiger partial charge in [0.1, 0.15) is 5.75 Å². The molecule has 0 atom stereocenters. The molecule has 0 spiro atoms. The summed E-state index contributed by atoms with van der Waals surface area (Å²) in [5.41, 5.74) is 0.475. The highest BCUT2D eigenvalue weighted by Crippen LogP contribution is 2.38. The first-order chi connectivity index (χ1) is 17.3. The van der Waals surface area contributed by atoms with E-state index < -0.39 is 36.8 Å². The van der Waals surface area contributed by atoms with Crippen molar-refractivity contribution in [2.45, 2.75) is 44.1 Å². The van der Waals surface area contributed by atoms with Crippen LogP contribution in [-0.4, -0.2) is 45.9 Å². The van der Waals surface area contributed by atoms with Gasteiger partial charge < -0.3 is 20.4 Å². The number of imidazole rings is 1. The Morgan fingerprint density at radius 1 is 1.05 bits per heavy atom. The van der Waals surface area contributed by atoms with Crippen molar-refractivity contribution in [3.05, 3.63) is 40.1 Å². The van der Waals surface area contributed by atoms with E-state index in [9.17, 15) is 31.1 Å². The number of aromatic nitrogens is 3. The highest BCUT2D eigenvalue weighted by atomic mass is 35.5. The fourth-order valence-corrected chi connectivity index (χ4v) is 4.49. The minimum atomic E-state index is -4.67. The predicted molar refractivity (Wildman–Crippen MR) is 124 cm³/mol. The maximum absolute atomic E-state index is 13.0. The van der Waals surface area contributed by atoms with Crippen molar-refractivity contribution < 1.29 is 35.9 Å². The van der Waals surface area contributed by atoms with Crippen LogP contribution in [0.25, 0.3) is 11.0 Å². The molecule has 15 heteroatoms. The third-order valence-electron chi connectivity index (χ3n) is 5.84. The minimum Gasteiger partial charge on any atom is -0.483 e. The van der Waals surface area contributed by atoms with Crippen molar-refractivity contribution >= 4 is 51.8 Å². The Morgan fingerprint density at radius 3 is 2.30 bits per heavy atom. The van der Waals surface area contributed by atoms with Crippen molar-refractivity contribution in [1.29, 1.82) is 0 Å². The number of hydrogen-bond donors (Lipinski definition) is 3. The number of alkyl halides is 6. The van der Waals surface area contributed by atoms with Crippen molar-refractivity contribution in [2.24, 2.45) is 5.92 Å². The average molecular weight is 570 g/mol. The number of rotatable bonds is 6. The van der Waals surface area contributed by atoms with E-state index in [0.717, 1.165) is 0 Å². The van der Waals surface area contributed by atoms with Gasteiger partial charge in [-0.05, 0) is 31.7 Å². The quantitative estimate of drug-likeness (QED) is 0.284. The van der Waals surface area contributed by atoms with Gasteiger partial charge in [-0.2, -0.15) is 26.3 Å². The maximum atomic E-state index is 13.0. The maximum Gasteiger partial charge on any atom is 0.422 e. The van der Waals surface area contributed by atoms with Crippen LogP contribution in [-0.2, 0) is 0 Å². The summed E-state index contributed by atoms with van der Waals surface area (Å²) in [5, 5.41) is 5.83. The summed E-state index contributed by atoms with van der Waals surface area (Å²) in [5.74, 6) is -2.48. The summed E-state index contributed by atoms with van der Waals surface area (Å²) in [6.07, 6.45) is -6.44. The molecule has 1 aromatic carbocycles. The molecule has 1 aliphatic rings. The SMILES string of the molecule is O=C(N[C@H]1CC[C@H](C(F)(F)F)CC1)c1cc2nc(Nc3c(Cl)cncc3Cl)[nH]c2cc1OCC(F)(F)F. The van der Waals surface area contributed by atoms with E-state index in [2.05, 4.69) is 25.6 Å². The molecule has 37 heavy (non-hydrogen) atoms. The Labute approximate surface area is 215 Å². The summed E-state index contributed by atoms with van der Waals surface area (Å²) in [7, 11) is 0. The predicted octanol–water partition coefficient (Wildman–Crippen LogP) is 6.80. The monoisotopic (exact) mass is 569 g/mol. The van der Waals surface area contributed by atoms with Gasteiger partial charge in [0, 0.05) is 24.5 Å². The van der Waals surface area contributed by atoms with Crippen LogP contribution in [0.4, 0.5) is 38.0 Å². The standard InChI is InChI=1S/C22H19Cl2F6N5O2/c23-13-7-31-8-14(24)18(13)35-20-33-15-5-12(17(6-16(15)34-20)37-9-21(25,26)27)19(36)32-11-3-1-10(2-4-11)22(28,29)30/h5-8,10-11H,1-4,9H2,(H,32,36)(H2,31,33,34,35)/t10-,11-. The van der Waals surface area contributed by atoms with Crippen molar-refractivity contribution in [1.82, 2.24) is 20.3 Å². The molecule has 0 bridgehead atoms. The molecule has 1 fully saturated rings. The summed E-state index contributed by atoms with van der Waals surface area (Å²) < 4.78 is 82.2. The van der Waals surface area contributed by atoms with Crippen LogP contribution in [0.3, 0.4) is 0 Å². The van der Waals surface area contributed by atoms with Gasteiger partial charge in [-0.15, -0.1) is 0 Å². The molecule has 7 nitrogen and oxygen atoms in total. The second-order valence-electron chi connectivity index (χ2n) is 8.52. The molecule has 0 aliphatic heterocycles. The van der Waals surface area contributed by atoms with E-state index in [-0.39, 0.29) is 69.7 Å². The molecular weight excluding hydrogens is 551 g/mol. The van der Waals surface area contributed by atoms with Gasteiger partial charge in [0.15, 0.2) is 6.61 Å². The number of benzene rings is 1. The molecule has 1 aliphatic carbocycles. The molecule has 4 rings (SSSR count). The fraction of sp³-hybridized carbons (Fsp3) is 0.409. The molecule has 0 unspecified atom stereocenters. The summed E-state index contributed by atoms with van der Waals surface area (Å²) in [6, 6.07) is 1.85. The first kappa shape index (κ1) is 27.1. The number of nitrogens with zero attached hydrogens (tertiary/aromatic N) is 2. The van der Waals surface area contributed by atoms with E-state index in [1.807, 2.05) is 0 Å². The van der Waals surface area contributed by atoms with Crippen LogP contribution < -0.4 is 15.4 Å². The number of anilines is 2. The zero-order valence-electron chi connectivity index (χ0n) is 18.7. The Morgan fingerprint density at radius 2 is 1.70 bits per heavy atom. The molecule has 2 aromatic heterocycles. The number of carbonyl (C=O) groups is 1. The Kier molecular flexibility index (Phi) is 7.65. The molecule has 1 amide bonds. The van der Waals surface area contributed by atoms with Crippen molar-refractivity contribution in [3.8, 4) is 5.75 Å². The molecule has 0 saturated heterocycles. The second kappa shape index (κ2) is 10.4. The summed E-state index contributed by atoms with van der Waals surface area (Å²) in [4.78, 5) is 23.9. The number of amides is 1. The zero-order chi connectivity index (χ0) is 27.0. The fourth-order valence-electron chi connectivity index (χ4n) is 4.03. The highest BCUT2D eigenvalue weighted by Gasteiger charge is 2.41. The van der Waals surface area contributed by atoms with Crippen LogP contribution in [0.5, 0.6) is 5.75 Å². The number of fused-ring (bicyclic) bond motifs is 1. The smallest absolute Gasteiger partial charge is 0.422 e. The third-order valence-corrected chi connectivity index (χ3v) is 6.41. The van der Waals surface area contributed by atoms with Gasteiger partial charge in [-0.25, -0.2) is 4.98 Å². The summed E-state index contributed by atoms with van der Waals surface area (Å²) >= 11 is 12.2. The Bertz CT molecular complexity index is 1270. The number of carbonyl (C=O) groups excluding carboxylic acids is 1. The Balaban J connectivity index is 1.59. The molecule has 3 N–H and O–H groups in total. The lowest BCUT2D eigenvalue weighted by molar-refractivity contribution is -0.182. The number of pyridine rings is 1. The van der Waals surface area contributed by atoms with Gasteiger partial charge in [0.25, 0.3) is 5.91 Å². The van der Waals surface area contributed by atoms with E-state index in [4.69, 9.17) is 27.9 Å². The number of aromatic amines is 1. The molecule has 200 valence electrons. The lowest BCUT2D eigenvalue weighted by atomic mass is 9.85. The first-order valence-electron chi connectivity index (χ1n) is 11.0. The van der Waals surface area contributed by atoms with Gasteiger partial charge in [0.05, 0.1) is 38.2 Å². The van der Waals surface area contributed by atoms with Crippen LogP contribution in [0.15, 0.2) is 24.5 Å². The number of halogens is 8. The van der Waals surface area contributed by atoms with Crippen molar-refractivity contribution in [2.75, 3.05) is 11.9 Å². The summed E-state index contributed by atoms with van der Waals surface area (Å²) in [6.45, 7) is -1.66. The van der Waals surface area contributed by atoms with Crippen LogP contribution in [0, 0.1) is 5.92 Å². The van der Waals surface area contributed by atoms with E-state index in [1.165, 1.54) is 24.5 Å². The molecule has 1 saturated carbocycles. The Hall–Kier alpha value is -2.93. The first-order valence-corrected chi connectivity index (χ1v) is 11.7. The third kappa shape index (κ3) is 6.69. The van der Waals surface area contributed by atoms with Crippen LogP contribution >= 0.6 is 23.2 Å². The van der Waals surface area contributed by atoms with Crippen LogP contribution in [0.1, 0.15) is 36.0 Å². The van der Waals surface area contributed by atoms with Crippen LogP contribution in [0.2, 0.25) is 10.0 Å². The van der Waals surface area contributed by atoms with E-state index >= 15 is 0 Å². The number of nitrogens with one attached hydrogen (secondary N) is 3. The van der Waals surface area contributed by atoms with Gasteiger partial charge in [-0.3, -0.25) is 9.78 Å². The topological polar surface area (TPSA) is 91.9 Å². The van der Waals surface area contributed by atoms with E-state index in [0.29, 0.717) is 0 Å². The normalized spacial score (nSPS) is 18.6. The number of ether oxygens (including phenoxy) is 1. The van der Waals surface area contributed by atoms with Crippen molar-refractivity contribution in [3.63, 3.8) is 0 Å². The highest BCUT2D eigenvalue weighted by molar-refractivity contribution is 6.39. The molecule has 3 aromatic rings. The minimum absolute atomic E-state index is 0.0842. The second-order valence-corrected chi connectivity index (χ2v) is 9.34. The van der Waals surface area contributed by atoms with Gasteiger partial charge in [-0.1, -0.05) is 23.2 Å². The van der Waals surface area contributed by atoms with E-state index in [1.54, 1.807) is 0 Å². The molecule has 0 radical (unpaired) electrons. The number of H-pyrrole nitrogens is 1. The average Bonchev–Trinajstić information content (AvgIpc) is 3.20. The number of hydrogen-bond acceptors (Lipinski definition) is 5. The largest absolute Gasteiger partial charge is 0.483 e. The molecule has 2 heterocycles. The van der Waals surface area contributed by atoms with Gasteiger partial charge in [0.2, 0.25) is 5.95 Å². The zero-order valence-corrected chi connectivity index (χ0v) is 20.2. The molecular formula is C22H19Cl2F6N5O2. The lowest BCUT2D eigenvalue weighted by Gasteiger charge is -2.30. The lowest BCUT2D eigenvalue weighted by Crippen LogP contribution is -2.40.